The van der Waals surface area contributed by atoms with E-state index in [1.54, 1.807) is 6.92 Å². The Morgan fingerprint density at radius 2 is 1.07 bits per heavy atom. The van der Waals surface area contributed by atoms with E-state index in [2.05, 4.69) is 6.92 Å². The molecular weight excluding hydrogens is 553 g/mol. The third kappa shape index (κ3) is 30.9. The molecule has 0 saturated heterocycles. The van der Waals surface area contributed by atoms with Crippen LogP contribution in [0.2, 0.25) is 0 Å². The zero-order valence-electron chi connectivity index (χ0n) is 28.3. The smallest absolute Gasteiger partial charge is 0.457 e. The molecule has 0 aliphatic carbocycles. The van der Waals surface area contributed by atoms with Crippen molar-refractivity contribution in [2.24, 2.45) is 0 Å². The van der Waals surface area contributed by atoms with E-state index < -0.39 is 19.9 Å². The van der Waals surface area contributed by atoms with Crippen LogP contribution in [0.1, 0.15) is 149 Å². The molecule has 9 heteroatoms. The highest BCUT2D eigenvalue weighted by Gasteiger charge is 2.26. The highest BCUT2D eigenvalue weighted by Crippen LogP contribution is 2.43. The van der Waals surface area contributed by atoms with Crippen molar-refractivity contribution in [1.82, 2.24) is 0 Å². The molecule has 42 heavy (non-hydrogen) atoms. The van der Waals surface area contributed by atoms with Gasteiger partial charge in [-0.05, 0) is 6.42 Å². The Labute approximate surface area is 259 Å². The third-order valence-corrected chi connectivity index (χ3v) is 8.46. The molecule has 0 amide bonds. The number of quaternary nitrogens is 1. The normalized spacial score (nSPS) is 14.1. The number of ether oxygens (including phenoxy) is 2. The van der Waals surface area contributed by atoms with Crippen LogP contribution >= 0.6 is 7.82 Å². The summed E-state index contributed by atoms with van der Waals surface area (Å²) in [6.07, 6.45) is 26.4. The molecule has 2 atom stereocenters. The van der Waals surface area contributed by atoms with E-state index in [9.17, 15) is 14.3 Å². The van der Waals surface area contributed by atoms with Crippen LogP contribution in [0, 0.1) is 0 Å². The molecule has 0 fully saturated rings. The van der Waals surface area contributed by atoms with Gasteiger partial charge in [0.05, 0.1) is 34.4 Å². The number of phosphoric ester groups is 1. The first-order valence-electron chi connectivity index (χ1n) is 17.3. The van der Waals surface area contributed by atoms with Gasteiger partial charge in [-0.2, -0.15) is 0 Å². The Bertz CT molecular complexity index is 657. The average Bonchev–Trinajstić information content (AvgIpc) is 2.93. The van der Waals surface area contributed by atoms with Crippen LogP contribution in [0.15, 0.2) is 0 Å². The lowest BCUT2D eigenvalue weighted by atomic mass is 10.0. The van der Waals surface area contributed by atoms with Gasteiger partial charge < -0.3 is 18.9 Å². The van der Waals surface area contributed by atoms with Crippen LogP contribution in [-0.4, -0.2) is 75.6 Å². The van der Waals surface area contributed by atoms with Crippen molar-refractivity contribution in [3.63, 3.8) is 0 Å². The Morgan fingerprint density at radius 3 is 1.48 bits per heavy atom. The van der Waals surface area contributed by atoms with Crippen LogP contribution in [0.4, 0.5) is 0 Å². The minimum absolute atomic E-state index is 0.0899. The monoisotopic (exact) mass is 622 g/mol. The first-order chi connectivity index (χ1) is 20.1. The minimum atomic E-state index is -4.22. The maximum absolute atomic E-state index is 12.2. The summed E-state index contributed by atoms with van der Waals surface area (Å²) in [7, 11) is 1.67. The van der Waals surface area contributed by atoms with Crippen molar-refractivity contribution in [3.05, 3.63) is 0 Å². The fourth-order valence-electron chi connectivity index (χ4n) is 4.70. The third-order valence-electron chi connectivity index (χ3n) is 7.47. The second-order valence-corrected chi connectivity index (χ2v) is 14.3. The fourth-order valence-corrected chi connectivity index (χ4v) is 5.45. The molecule has 0 aromatic heterocycles. The van der Waals surface area contributed by atoms with Crippen molar-refractivity contribution in [1.29, 1.82) is 0 Å². The summed E-state index contributed by atoms with van der Waals surface area (Å²) in [5.74, 6) is -0.398. The molecule has 0 rings (SSSR count). The lowest BCUT2D eigenvalue weighted by molar-refractivity contribution is -0.870. The number of likely N-dealkylation sites (N-methyl/N-ethyl adjacent to an activating group) is 1. The molecule has 0 radical (unpaired) electrons. The van der Waals surface area contributed by atoms with Crippen LogP contribution in [0.25, 0.3) is 0 Å². The molecule has 0 aromatic rings. The Morgan fingerprint density at radius 1 is 0.643 bits per heavy atom. The number of carbonyl (C=O) groups excluding carboxylic acids is 1. The number of esters is 1. The first-order valence-corrected chi connectivity index (χ1v) is 18.8. The van der Waals surface area contributed by atoms with Gasteiger partial charge in [0.2, 0.25) is 0 Å². The zero-order valence-corrected chi connectivity index (χ0v) is 29.1. The second-order valence-electron chi connectivity index (χ2n) is 12.9. The predicted molar refractivity (Wildman–Crippen MR) is 174 cm³/mol. The minimum Gasteiger partial charge on any atom is -0.457 e. The Balaban J connectivity index is 3.68. The molecule has 0 saturated carbocycles. The van der Waals surface area contributed by atoms with Gasteiger partial charge in [-0.25, -0.2) is 4.57 Å². The topological polar surface area (TPSA) is 91.3 Å². The number of nitrogens with zero attached hydrogens (tertiary/aromatic N) is 1. The van der Waals surface area contributed by atoms with Crippen molar-refractivity contribution in [3.8, 4) is 0 Å². The molecule has 0 aliphatic rings. The predicted octanol–water partition coefficient (Wildman–Crippen LogP) is 8.99. The van der Waals surface area contributed by atoms with E-state index in [-0.39, 0.29) is 26.2 Å². The van der Waals surface area contributed by atoms with Crippen LogP contribution in [-0.2, 0) is 27.9 Å². The quantitative estimate of drug-likeness (QED) is 0.0346. The van der Waals surface area contributed by atoms with Gasteiger partial charge in [0.15, 0.2) is 0 Å². The van der Waals surface area contributed by atoms with E-state index in [1.807, 2.05) is 21.1 Å². The molecule has 2 unspecified atom stereocenters. The van der Waals surface area contributed by atoms with E-state index in [4.69, 9.17) is 18.5 Å². The van der Waals surface area contributed by atoms with Crippen molar-refractivity contribution >= 4 is 13.8 Å². The number of carbonyl (C=O) groups is 1. The largest absolute Gasteiger partial charge is 0.472 e. The summed E-state index contributed by atoms with van der Waals surface area (Å²) in [5.41, 5.74) is 0. The van der Waals surface area contributed by atoms with Gasteiger partial charge in [-0.15, -0.1) is 0 Å². The van der Waals surface area contributed by atoms with E-state index in [0.29, 0.717) is 17.6 Å². The summed E-state index contributed by atoms with van der Waals surface area (Å²) < 4.78 is 33.9. The fraction of sp³-hybridized carbons (Fsp3) is 0.970. The highest BCUT2D eigenvalue weighted by molar-refractivity contribution is 7.47. The maximum atomic E-state index is 12.2. The highest BCUT2D eigenvalue weighted by atomic mass is 31.2. The van der Waals surface area contributed by atoms with Crippen molar-refractivity contribution in [2.75, 3.05) is 54.1 Å². The lowest BCUT2D eigenvalue weighted by Crippen LogP contribution is -2.37. The lowest BCUT2D eigenvalue weighted by Gasteiger charge is -2.24. The standard InChI is InChI=1S/C33H68NO7P/c1-6-8-9-10-11-12-13-14-15-16-17-18-19-20-21-22-23-24-25-26-28-38-30-32(41-33(35)7-2)31-40-42(36,37)39-29-27-34(3,4)5/h32H,6-31H2,1-5H3/p+1. The van der Waals surface area contributed by atoms with Crippen molar-refractivity contribution in [2.45, 2.75) is 155 Å². The molecule has 252 valence electrons. The van der Waals surface area contributed by atoms with E-state index in [0.717, 1.165) is 12.8 Å². The van der Waals surface area contributed by atoms with Gasteiger partial charge >= 0.3 is 13.8 Å². The summed E-state index contributed by atoms with van der Waals surface area (Å²) in [6.45, 7) is 5.08. The Kier molecular flexibility index (Phi) is 27.7. The molecule has 0 aromatic carbocycles. The molecular formula is C33H69NO7P+. The second kappa shape index (κ2) is 28.0. The number of unbranched alkanes of at least 4 members (excludes halogenated alkanes) is 19. The van der Waals surface area contributed by atoms with Gasteiger partial charge in [0.1, 0.15) is 19.3 Å². The summed E-state index contributed by atoms with van der Waals surface area (Å²) >= 11 is 0. The Hall–Kier alpha value is -0.500. The van der Waals surface area contributed by atoms with Gasteiger partial charge in [-0.3, -0.25) is 13.8 Å². The van der Waals surface area contributed by atoms with E-state index >= 15 is 0 Å². The van der Waals surface area contributed by atoms with E-state index in [1.165, 1.54) is 116 Å². The maximum Gasteiger partial charge on any atom is 0.472 e. The van der Waals surface area contributed by atoms with Crippen LogP contribution < -0.4 is 0 Å². The molecule has 1 N–H and O–H groups in total. The van der Waals surface area contributed by atoms with Gasteiger partial charge in [-0.1, -0.05) is 136 Å². The summed E-state index contributed by atoms with van der Waals surface area (Å²) in [6, 6.07) is 0. The van der Waals surface area contributed by atoms with Gasteiger partial charge in [0.25, 0.3) is 0 Å². The molecule has 0 bridgehead atoms. The molecule has 0 heterocycles. The summed E-state index contributed by atoms with van der Waals surface area (Å²) in [4.78, 5) is 21.7. The van der Waals surface area contributed by atoms with Crippen molar-refractivity contribution < 1.29 is 37.3 Å². The SMILES string of the molecule is CCCCCCCCCCCCCCCCCCCCCCOCC(COP(=O)(O)OCC[N+](C)(C)C)OC(=O)CC. The van der Waals surface area contributed by atoms with Crippen LogP contribution in [0.5, 0.6) is 0 Å². The van der Waals surface area contributed by atoms with Gasteiger partial charge in [0, 0.05) is 13.0 Å². The zero-order chi connectivity index (χ0) is 31.4. The molecule has 0 aliphatic heterocycles. The molecule has 8 nitrogen and oxygen atoms in total. The molecule has 0 spiro atoms. The van der Waals surface area contributed by atoms with Crippen LogP contribution in [0.3, 0.4) is 0 Å². The summed E-state index contributed by atoms with van der Waals surface area (Å²) in [5, 5.41) is 0. The first kappa shape index (κ1) is 41.5. The average molecular weight is 623 g/mol. The number of rotatable bonds is 32. The number of hydrogen-bond acceptors (Lipinski definition) is 6. The number of phosphoric acid groups is 1. The number of hydrogen-bond donors (Lipinski definition) is 1.